The zero-order valence-corrected chi connectivity index (χ0v) is 6.33. The van der Waals surface area contributed by atoms with E-state index in [1.54, 1.807) is 4.68 Å². The normalized spacial score (nSPS) is 10.2. The molecule has 0 spiro atoms. The maximum Gasteiger partial charge on any atom is 0.169 e. The molecule has 0 unspecified atom stereocenters. The molecule has 2 N–H and O–H groups in total. The molecule has 0 aliphatic carbocycles. The van der Waals surface area contributed by atoms with Crippen LogP contribution in [0.3, 0.4) is 0 Å². The van der Waals surface area contributed by atoms with Crippen LogP contribution in [0.1, 0.15) is 19.0 Å². The molecule has 0 bridgehead atoms. The second-order valence-corrected chi connectivity index (χ2v) is 2.29. The van der Waals surface area contributed by atoms with Crippen molar-refractivity contribution in [3.63, 3.8) is 0 Å². The van der Waals surface area contributed by atoms with Crippen LogP contribution in [0.15, 0.2) is 0 Å². The van der Waals surface area contributed by atoms with Gasteiger partial charge in [0, 0.05) is 7.05 Å². The van der Waals surface area contributed by atoms with E-state index in [-0.39, 0.29) is 0 Å². The fourth-order valence-electron chi connectivity index (χ4n) is 0.919. The van der Waals surface area contributed by atoms with Crippen LogP contribution < -0.4 is 5.73 Å². The van der Waals surface area contributed by atoms with Crippen molar-refractivity contribution in [1.82, 2.24) is 15.0 Å². The topological polar surface area (TPSA) is 56.7 Å². The third-order valence-electron chi connectivity index (χ3n) is 1.46. The number of nitrogens with zero attached hydrogens (tertiary/aromatic N) is 3. The second kappa shape index (κ2) is 2.68. The number of hydrogen-bond acceptors (Lipinski definition) is 3. The van der Waals surface area contributed by atoms with Crippen LogP contribution >= 0.6 is 0 Å². The van der Waals surface area contributed by atoms with E-state index in [1.807, 2.05) is 7.05 Å². The molecule has 1 aromatic heterocycles. The van der Waals surface area contributed by atoms with Crippen molar-refractivity contribution < 1.29 is 0 Å². The molecular formula is C6H12N4. The lowest BCUT2D eigenvalue weighted by molar-refractivity contribution is 0.669. The minimum atomic E-state index is 0.560. The summed E-state index contributed by atoms with van der Waals surface area (Å²) >= 11 is 0. The van der Waals surface area contributed by atoms with E-state index in [0.717, 1.165) is 18.5 Å². The first kappa shape index (κ1) is 7.05. The number of anilines is 1. The number of nitrogen functional groups attached to an aromatic ring is 1. The lowest BCUT2D eigenvalue weighted by Gasteiger charge is -1.96. The summed E-state index contributed by atoms with van der Waals surface area (Å²) in [4.78, 5) is 0. The van der Waals surface area contributed by atoms with Crippen molar-refractivity contribution in [3.05, 3.63) is 5.69 Å². The summed E-state index contributed by atoms with van der Waals surface area (Å²) in [5, 5.41) is 7.50. The lowest BCUT2D eigenvalue weighted by atomic mass is 10.2. The molecule has 1 rings (SSSR count). The summed E-state index contributed by atoms with van der Waals surface area (Å²) in [7, 11) is 1.86. The Hall–Kier alpha value is -1.06. The van der Waals surface area contributed by atoms with Gasteiger partial charge in [-0.25, -0.2) is 0 Å². The van der Waals surface area contributed by atoms with Crippen LogP contribution in [0.25, 0.3) is 0 Å². The van der Waals surface area contributed by atoms with E-state index in [4.69, 9.17) is 5.73 Å². The van der Waals surface area contributed by atoms with Gasteiger partial charge in [0.1, 0.15) is 0 Å². The van der Waals surface area contributed by atoms with Crippen molar-refractivity contribution in [2.24, 2.45) is 7.05 Å². The van der Waals surface area contributed by atoms with Crippen molar-refractivity contribution in [3.8, 4) is 0 Å². The van der Waals surface area contributed by atoms with Crippen LogP contribution in [0.4, 0.5) is 5.82 Å². The maximum absolute atomic E-state index is 5.53. The van der Waals surface area contributed by atoms with Gasteiger partial charge in [-0.1, -0.05) is 18.6 Å². The van der Waals surface area contributed by atoms with Crippen molar-refractivity contribution >= 4 is 5.82 Å². The summed E-state index contributed by atoms with van der Waals surface area (Å²) in [6.45, 7) is 2.10. The van der Waals surface area contributed by atoms with Crippen LogP contribution in [0.2, 0.25) is 0 Å². The van der Waals surface area contributed by atoms with Crippen LogP contribution in [0.5, 0.6) is 0 Å². The van der Waals surface area contributed by atoms with E-state index in [9.17, 15) is 0 Å². The molecule has 4 nitrogen and oxygen atoms in total. The van der Waals surface area contributed by atoms with Gasteiger partial charge in [0.2, 0.25) is 0 Å². The molecule has 0 aliphatic rings. The molecular weight excluding hydrogens is 128 g/mol. The summed E-state index contributed by atoms with van der Waals surface area (Å²) in [6, 6.07) is 0. The molecule has 0 atom stereocenters. The van der Waals surface area contributed by atoms with E-state index >= 15 is 0 Å². The van der Waals surface area contributed by atoms with Crippen LogP contribution in [-0.4, -0.2) is 15.0 Å². The minimum absolute atomic E-state index is 0.560. The van der Waals surface area contributed by atoms with Crippen LogP contribution in [0, 0.1) is 0 Å². The molecule has 10 heavy (non-hydrogen) atoms. The first-order valence-electron chi connectivity index (χ1n) is 3.39. The molecule has 56 valence electrons. The standard InChI is InChI=1S/C6H12N4/c1-3-4-5-6(7)8-9-10(5)2/h3-4,7H2,1-2H3. The molecule has 0 fully saturated rings. The lowest BCUT2D eigenvalue weighted by Crippen LogP contribution is -1.99. The summed E-state index contributed by atoms with van der Waals surface area (Å²) in [5.74, 6) is 0.560. The van der Waals surface area contributed by atoms with E-state index in [0.29, 0.717) is 5.82 Å². The summed E-state index contributed by atoms with van der Waals surface area (Å²) < 4.78 is 1.72. The largest absolute Gasteiger partial charge is 0.381 e. The molecule has 0 saturated heterocycles. The smallest absolute Gasteiger partial charge is 0.169 e. The Balaban J connectivity index is 2.87. The molecule has 0 amide bonds. The van der Waals surface area contributed by atoms with Gasteiger partial charge in [-0.2, -0.15) is 0 Å². The zero-order valence-electron chi connectivity index (χ0n) is 6.33. The molecule has 0 aliphatic heterocycles. The fourth-order valence-corrected chi connectivity index (χ4v) is 0.919. The van der Waals surface area contributed by atoms with Crippen LogP contribution in [-0.2, 0) is 13.5 Å². The zero-order chi connectivity index (χ0) is 7.56. The van der Waals surface area contributed by atoms with E-state index < -0.39 is 0 Å². The van der Waals surface area contributed by atoms with Gasteiger partial charge >= 0.3 is 0 Å². The Morgan fingerprint density at radius 2 is 2.30 bits per heavy atom. The highest BCUT2D eigenvalue weighted by Gasteiger charge is 2.03. The number of nitrogens with two attached hydrogens (primary N) is 1. The third-order valence-corrected chi connectivity index (χ3v) is 1.46. The summed E-state index contributed by atoms with van der Waals surface area (Å²) in [6.07, 6.45) is 2.03. The van der Waals surface area contributed by atoms with Gasteiger partial charge in [0.15, 0.2) is 5.82 Å². The van der Waals surface area contributed by atoms with Gasteiger partial charge in [0.05, 0.1) is 5.69 Å². The van der Waals surface area contributed by atoms with Gasteiger partial charge < -0.3 is 5.73 Å². The highest BCUT2D eigenvalue weighted by atomic mass is 15.4. The van der Waals surface area contributed by atoms with Gasteiger partial charge in [-0.15, -0.1) is 5.10 Å². The number of aryl methyl sites for hydroxylation is 1. The quantitative estimate of drug-likeness (QED) is 0.644. The van der Waals surface area contributed by atoms with Crippen molar-refractivity contribution in [2.75, 3.05) is 5.73 Å². The first-order chi connectivity index (χ1) is 4.75. The Morgan fingerprint density at radius 1 is 1.60 bits per heavy atom. The minimum Gasteiger partial charge on any atom is -0.381 e. The van der Waals surface area contributed by atoms with Gasteiger partial charge in [-0.3, -0.25) is 4.68 Å². The molecule has 0 radical (unpaired) electrons. The molecule has 0 aromatic carbocycles. The number of hydrogen-bond donors (Lipinski definition) is 1. The monoisotopic (exact) mass is 140 g/mol. The highest BCUT2D eigenvalue weighted by molar-refractivity contribution is 5.32. The number of aromatic nitrogens is 3. The Labute approximate surface area is 60.0 Å². The predicted octanol–water partition coefficient (Wildman–Crippen LogP) is 0.350. The molecule has 1 aromatic rings. The van der Waals surface area contributed by atoms with Crippen molar-refractivity contribution in [2.45, 2.75) is 19.8 Å². The third kappa shape index (κ3) is 1.10. The van der Waals surface area contributed by atoms with E-state index in [1.165, 1.54) is 0 Å². The second-order valence-electron chi connectivity index (χ2n) is 2.29. The Morgan fingerprint density at radius 3 is 2.70 bits per heavy atom. The number of rotatable bonds is 2. The summed E-state index contributed by atoms with van der Waals surface area (Å²) in [5.41, 5.74) is 6.56. The fraction of sp³-hybridized carbons (Fsp3) is 0.667. The highest BCUT2D eigenvalue weighted by Crippen LogP contribution is 2.07. The first-order valence-corrected chi connectivity index (χ1v) is 3.39. The Kier molecular flexibility index (Phi) is 1.89. The maximum atomic E-state index is 5.53. The SMILES string of the molecule is CCCc1c(N)nnn1C. The van der Waals surface area contributed by atoms with Gasteiger partial charge in [0.25, 0.3) is 0 Å². The molecule has 4 heteroatoms. The Bertz CT molecular complexity index is 196. The van der Waals surface area contributed by atoms with Crippen molar-refractivity contribution in [1.29, 1.82) is 0 Å². The average molecular weight is 140 g/mol. The molecule has 0 saturated carbocycles. The molecule has 1 heterocycles. The average Bonchev–Trinajstić information content (AvgIpc) is 2.20. The van der Waals surface area contributed by atoms with Gasteiger partial charge in [-0.05, 0) is 6.42 Å². The predicted molar refractivity (Wildman–Crippen MR) is 39.4 cm³/mol. The van der Waals surface area contributed by atoms with E-state index in [2.05, 4.69) is 17.2 Å².